The largest absolute Gasteiger partial charge is 0.345 e. The Morgan fingerprint density at radius 2 is 1.88 bits per heavy atom. The molecule has 3 aliphatic heterocycles. The van der Waals surface area contributed by atoms with Crippen LogP contribution in [0.25, 0.3) is 0 Å². The summed E-state index contributed by atoms with van der Waals surface area (Å²) in [5.74, 6) is 0.0852. The van der Waals surface area contributed by atoms with E-state index in [0.29, 0.717) is 12.0 Å². The molecule has 0 bridgehead atoms. The van der Waals surface area contributed by atoms with Gasteiger partial charge < -0.3 is 15.1 Å². The molecule has 0 aromatic heterocycles. The highest BCUT2D eigenvalue weighted by molar-refractivity contribution is 5.99. The molecule has 140 valence electrons. The van der Waals surface area contributed by atoms with Gasteiger partial charge in [-0.2, -0.15) is 0 Å². The number of carbonyl (C=O) groups excluding carboxylic acids is 2. The third-order valence-electron chi connectivity index (χ3n) is 6.54. The van der Waals surface area contributed by atoms with Gasteiger partial charge in [0.25, 0.3) is 5.91 Å². The number of likely N-dealkylation sites (tertiary alicyclic amines) is 1. The Morgan fingerprint density at radius 1 is 1.15 bits per heavy atom. The zero-order valence-electron chi connectivity index (χ0n) is 15.7. The van der Waals surface area contributed by atoms with E-state index in [-0.39, 0.29) is 23.4 Å². The lowest BCUT2D eigenvalue weighted by Crippen LogP contribution is -2.65. The summed E-state index contributed by atoms with van der Waals surface area (Å²) in [5, 5.41) is 2.97. The number of benzene rings is 1. The Kier molecular flexibility index (Phi) is 4.49. The minimum atomic E-state index is -0.195. The minimum Gasteiger partial charge on any atom is -0.345 e. The molecule has 0 aliphatic carbocycles. The first kappa shape index (κ1) is 17.5. The van der Waals surface area contributed by atoms with E-state index in [9.17, 15) is 9.59 Å². The van der Waals surface area contributed by atoms with Gasteiger partial charge in [0.2, 0.25) is 5.91 Å². The highest BCUT2D eigenvalue weighted by Gasteiger charge is 2.43. The van der Waals surface area contributed by atoms with Crippen molar-refractivity contribution in [3.63, 3.8) is 0 Å². The number of carbonyl (C=O) groups is 2. The zero-order valence-corrected chi connectivity index (χ0v) is 15.7. The van der Waals surface area contributed by atoms with Crippen LogP contribution in [0, 0.1) is 0 Å². The molecule has 1 N–H and O–H groups in total. The van der Waals surface area contributed by atoms with Gasteiger partial charge in [-0.05, 0) is 51.7 Å². The van der Waals surface area contributed by atoms with Crippen LogP contribution in [-0.2, 0) is 4.79 Å². The number of nitrogens with zero attached hydrogens (tertiary/aromatic N) is 3. The van der Waals surface area contributed by atoms with Crippen molar-refractivity contribution in [3.05, 3.63) is 35.4 Å². The average molecular weight is 356 g/mol. The van der Waals surface area contributed by atoms with E-state index >= 15 is 0 Å². The quantitative estimate of drug-likeness (QED) is 0.862. The first-order valence-electron chi connectivity index (χ1n) is 9.56. The maximum Gasteiger partial charge on any atom is 0.252 e. The molecule has 26 heavy (non-hydrogen) atoms. The first-order valence-corrected chi connectivity index (χ1v) is 9.56. The van der Waals surface area contributed by atoms with Gasteiger partial charge in [0.1, 0.15) is 0 Å². The molecule has 1 aromatic carbocycles. The van der Waals surface area contributed by atoms with Crippen LogP contribution in [0.1, 0.15) is 41.2 Å². The molecule has 2 saturated heterocycles. The van der Waals surface area contributed by atoms with Crippen molar-refractivity contribution in [1.82, 2.24) is 20.0 Å². The Hall–Kier alpha value is -1.92. The summed E-state index contributed by atoms with van der Waals surface area (Å²) in [4.78, 5) is 32.0. The molecule has 4 rings (SSSR count). The Balaban J connectivity index is 1.45. The number of rotatable bonds is 2. The van der Waals surface area contributed by atoms with Crippen molar-refractivity contribution in [2.75, 3.05) is 46.8 Å². The summed E-state index contributed by atoms with van der Waals surface area (Å²) in [5.41, 5.74) is 1.77. The summed E-state index contributed by atoms with van der Waals surface area (Å²) < 4.78 is 0. The summed E-state index contributed by atoms with van der Waals surface area (Å²) in [6.07, 6.45) is 2.56. The van der Waals surface area contributed by atoms with Crippen LogP contribution in [0.4, 0.5) is 0 Å². The molecular weight excluding hydrogens is 328 g/mol. The summed E-state index contributed by atoms with van der Waals surface area (Å²) >= 11 is 0. The maximum atomic E-state index is 13.0. The van der Waals surface area contributed by atoms with Crippen molar-refractivity contribution < 1.29 is 9.59 Å². The fourth-order valence-electron chi connectivity index (χ4n) is 4.64. The maximum absolute atomic E-state index is 13.0. The van der Waals surface area contributed by atoms with Gasteiger partial charge in [0, 0.05) is 30.7 Å². The van der Waals surface area contributed by atoms with Crippen LogP contribution in [0.3, 0.4) is 0 Å². The molecule has 0 saturated carbocycles. The van der Waals surface area contributed by atoms with E-state index in [2.05, 4.69) is 29.2 Å². The lowest BCUT2D eigenvalue weighted by molar-refractivity contribution is -0.138. The Labute approximate surface area is 155 Å². The van der Waals surface area contributed by atoms with Gasteiger partial charge in [-0.15, -0.1) is 0 Å². The van der Waals surface area contributed by atoms with E-state index in [1.165, 1.54) is 0 Å². The normalized spacial score (nSPS) is 26.0. The van der Waals surface area contributed by atoms with Gasteiger partial charge >= 0.3 is 0 Å². The molecule has 2 amide bonds. The van der Waals surface area contributed by atoms with E-state index in [0.717, 1.165) is 51.1 Å². The molecule has 6 heteroatoms. The van der Waals surface area contributed by atoms with Gasteiger partial charge in [-0.1, -0.05) is 18.2 Å². The molecule has 0 unspecified atom stereocenters. The molecule has 3 heterocycles. The molecule has 6 nitrogen and oxygen atoms in total. The average Bonchev–Trinajstić information content (AvgIpc) is 2.96. The van der Waals surface area contributed by atoms with E-state index in [1.54, 1.807) is 0 Å². The number of piperazine rings is 1. The molecular formula is C20H28N4O2. The summed E-state index contributed by atoms with van der Waals surface area (Å²) in [7, 11) is 4.36. The van der Waals surface area contributed by atoms with Crippen LogP contribution in [0.5, 0.6) is 0 Å². The van der Waals surface area contributed by atoms with Crippen LogP contribution in [0.15, 0.2) is 24.3 Å². The number of likely N-dealkylation sites (N-methyl/N-ethyl adjacent to an activating group) is 1. The van der Waals surface area contributed by atoms with Gasteiger partial charge in [0.05, 0.1) is 12.5 Å². The van der Waals surface area contributed by atoms with Gasteiger partial charge in [0.15, 0.2) is 0 Å². The first-order chi connectivity index (χ1) is 12.5. The van der Waals surface area contributed by atoms with Crippen LogP contribution in [0.2, 0.25) is 0 Å². The highest BCUT2D eigenvalue weighted by atomic mass is 16.2. The monoisotopic (exact) mass is 356 g/mol. The second-order valence-corrected chi connectivity index (χ2v) is 8.08. The number of hydrogen-bond donors (Lipinski definition) is 1. The second kappa shape index (κ2) is 6.67. The van der Waals surface area contributed by atoms with E-state index in [4.69, 9.17) is 0 Å². The molecule has 1 spiro atoms. The predicted molar refractivity (Wildman–Crippen MR) is 99.9 cm³/mol. The standard InChI is InChI=1S/C20H28N4O2/c1-22-9-7-20(8-10-22)14-24(12-11-23(20)2)18(25)13-17-15-5-3-4-6-16(15)19(26)21-17/h3-6,17H,7-14H2,1-2H3,(H,21,26)/t17-/m0/s1. The molecule has 2 fully saturated rings. The number of fused-ring (bicyclic) bond motifs is 1. The highest BCUT2D eigenvalue weighted by Crippen LogP contribution is 2.33. The van der Waals surface area contributed by atoms with E-state index in [1.807, 2.05) is 29.2 Å². The van der Waals surface area contributed by atoms with Gasteiger partial charge in [-0.25, -0.2) is 0 Å². The lowest BCUT2D eigenvalue weighted by atomic mass is 9.83. The number of hydrogen-bond acceptors (Lipinski definition) is 4. The lowest BCUT2D eigenvalue weighted by Gasteiger charge is -2.52. The second-order valence-electron chi connectivity index (χ2n) is 8.08. The number of nitrogens with one attached hydrogen (secondary N) is 1. The number of piperidine rings is 1. The third kappa shape index (κ3) is 3.01. The van der Waals surface area contributed by atoms with E-state index < -0.39 is 0 Å². The summed E-state index contributed by atoms with van der Waals surface area (Å²) in [6, 6.07) is 7.39. The van der Waals surface area contributed by atoms with Crippen molar-refractivity contribution in [1.29, 1.82) is 0 Å². The topological polar surface area (TPSA) is 55.9 Å². The van der Waals surface area contributed by atoms with Crippen molar-refractivity contribution >= 4 is 11.8 Å². The molecule has 0 radical (unpaired) electrons. The SMILES string of the molecule is CN1CCC2(CC1)CN(C(=O)C[C@@H]1NC(=O)c3ccccc31)CCN2C. The predicted octanol–water partition coefficient (Wildman–Crippen LogP) is 1.10. The smallest absolute Gasteiger partial charge is 0.252 e. The molecule has 1 aromatic rings. The molecule has 3 aliphatic rings. The number of amides is 2. The fourth-order valence-corrected chi connectivity index (χ4v) is 4.64. The minimum absolute atomic E-state index is 0.0661. The van der Waals surface area contributed by atoms with Crippen molar-refractivity contribution in [2.24, 2.45) is 0 Å². The Morgan fingerprint density at radius 3 is 2.65 bits per heavy atom. The zero-order chi connectivity index (χ0) is 18.3. The molecule has 1 atom stereocenters. The summed E-state index contributed by atoms with van der Waals surface area (Å²) in [6.45, 7) is 4.66. The van der Waals surface area contributed by atoms with Crippen LogP contribution >= 0.6 is 0 Å². The Bertz CT molecular complexity index is 712. The van der Waals surface area contributed by atoms with Crippen LogP contribution in [-0.4, -0.2) is 78.9 Å². The van der Waals surface area contributed by atoms with Crippen molar-refractivity contribution in [3.8, 4) is 0 Å². The van der Waals surface area contributed by atoms with Crippen LogP contribution < -0.4 is 5.32 Å². The third-order valence-corrected chi connectivity index (χ3v) is 6.54. The van der Waals surface area contributed by atoms with Crippen molar-refractivity contribution in [2.45, 2.75) is 30.8 Å². The fraction of sp³-hybridized carbons (Fsp3) is 0.600. The van der Waals surface area contributed by atoms with Gasteiger partial charge in [-0.3, -0.25) is 14.5 Å².